The van der Waals surface area contributed by atoms with E-state index in [0.29, 0.717) is 0 Å². The van der Waals surface area contributed by atoms with E-state index < -0.39 is 11.7 Å². The Labute approximate surface area is 85.5 Å². The average molecular weight is 298 g/mol. The summed E-state index contributed by atoms with van der Waals surface area (Å²) >= 11 is 1.53. The summed E-state index contributed by atoms with van der Waals surface area (Å²) in [5.41, 5.74) is -1.05. The lowest BCUT2D eigenvalue weighted by Crippen LogP contribution is -2.08. The highest BCUT2D eigenvalue weighted by molar-refractivity contribution is 14.1. The molecule has 0 amide bonds. The van der Waals surface area contributed by atoms with Crippen molar-refractivity contribution in [2.45, 2.75) is 6.18 Å². The molecule has 2 nitrogen and oxygen atoms in total. The Balaban J connectivity index is 3.29. The van der Waals surface area contributed by atoms with Gasteiger partial charge in [0.2, 0.25) is 0 Å². The highest BCUT2D eigenvalue weighted by atomic mass is 127. The number of aromatic nitrogens is 1. The van der Waals surface area contributed by atoms with Crippen molar-refractivity contribution < 1.29 is 13.2 Å². The fourth-order valence-electron chi connectivity index (χ4n) is 0.717. The molecule has 1 rings (SSSR count). The van der Waals surface area contributed by atoms with Crippen LogP contribution in [-0.2, 0) is 6.18 Å². The van der Waals surface area contributed by atoms with Gasteiger partial charge in [-0.1, -0.05) is 0 Å². The Morgan fingerprint density at radius 2 is 2.08 bits per heavy atom. The number of hydrogen-bond acceptors (Lipinski definition) is 2. The summed E-state index contributed by atoms with van der Waals surface area (Å²) in [5, 5.41) is 8.34. The lowest BCUT2D eigenvalue weighted by atomic mass is 10.2. The number of nitriles is 1. The fourth-order valence-corrected chi connectivity index (χ4v) is 1.32. The molecule has 68 valence electrons. The fraction of sp³-hybridized carbons (Fsp3) is 0.143. The van der Waals surface area contributed by atoms with Crippen LogP contribution in [0.2, 0.25) is 0 Å². The summed E-state index contributed by atoms with van der Waals surface area (Å²) in [6.45, 7) is 0. The predicted molar refractivity (Wildman–Crippen MR) is 46.7 cm³/mol. The summed E-state index contributed by atoms with van der Waals surface area (Å²) in [5.74, 6) is 0. The maximum absolute atomic E-state index is 12.2. The number of nitrogens with zero attached hydrogens (tertiary/aromatic N) is 2. The molecule has 0 aliphatic rings. The Morgan fingerprint density at radius 3 is 2.54 bits per heavy atom. The lowest BCUT2D eigenvalue weighted by Gasteiger charge is -2.07. The van der Waals surface area contributed by atoms with Crippen molar-refractivity contribution in [1.82, 2.24) is 4.98 Å². The van der Waals surface area contributed by atoms with E-state index in [1.165, 1.54) is 22.6 Å². The quantitative estimate of drug-likeness (QED) is 0.690. The molecule has 0 fully saturated rings. The maximum Gasteiger partial charge on any atom is 0.417 e. The minimum atomic E-state index is -4.43. The van der Waals surface area contributed by atoms with Gasteiger partial charge in [0.1, 0.15) is 11.8 Å². The molecule has 0 saturated heterocycles. The highest BCUT2D eigenvalue weighted by Gasteiger charge is 2.33. The van der Waals surface area contributed by atoms with Gasteiger partial charge >= 0.3 is 6.18 Å². The van der Waals surface area contributed by atoms with Gasteiger partial charge in [-0.25, -0.2) is 4.98 Å². The van der Waals surface area contributed by atoms with Crippen LogP contribution < -0.4 is 0 Å². The summed E-state index contributed by atoms with van der Waals surface area (Å²) in [7, 11) is 0. The van der Waals surface area contributed by atoms with Crippen molar-refractivity contribution in [2.75, 3.05) is 0 Å². The molecule has 0 radical (unpaired) electrons. The smallest absolute Gasteiger partial charge is 0.244 e. The molecule has 1 heterocycles. The van der Waals surface area contributed by atoms with Gasteiger partial charge in [-0.2, -0.15) is 18.4 Å². The molecular weight excluding hydrogens is 296 g/mol. The molecule has 0 saturated carbocycles. The van der Waals surface area contributed by atoms with Gasteiger partial charge < -0.3 is 0 Å². The average Bonchev–Trinajstić information content (AvgIpc) is 2.03. The zero-order valence-corrected chi connectivity index (χ0v) is 8.22. The van der Waals surface area contributed by atoms with Gasteiger partial charge in [-0.05, 0) is 28.7 Å². The standard InChI is InChI=1S/C7H2F3IN2/c8-7(9,10)5-1-4(2-12)13-3-6(5)11/h1,3H. The second-order valence-electron chi connectivity index (χ2n) is 2.16. The minimum absolute atomic E-state index is 0.0101. The highest BCUT2D eigenvalue weighted by Crippen LogP contribution is 2.32. The Bertz CT molecular complexity index is 367. The van der Waals surface area contributed by atoms with Crippen LogP contribution in [0.1, 0.15) is 11.3 Å². The molecule has 0 spiro atoms. The predicted octanol–water partition coefficient (Wildman–Crippen LogP) is 2.58. The van der Waals surface area contributed by atoms with Gasteiger partial charge in [0.15, 0.2) is 0 Å². The summed E-state index contributed by atoms with van der Waals surface area (Å²) in [6.07, 6.45) is -3.40. The third-order valence-electron chi connectivity index (χ3n) is 1.28. The van der Waals surface area contributed by atoms with Crippen LogP contribution in [0.15, 0.2) is 12.3 Å². The monoisotopic (exact) mass is 298 g/mol. The third-order valence-corrected chi connectivity index (χ3v) is 2.13. The van der Waals surface area contributed by atoms with Crippen molar-refractivity contribution in [2.24, 2.45) is 0 Å². The number of halogens is 4. The van der Waals surface area contributed by atoms with Crippen LogP contribution in [0.25, 0.3) is 0 Å². The van der Waals surface area contributed by atoms with Gasteiger partial charge in [0.25, 0.3) is 0 Å². The van der Waals surface area contributed by atoms with Crippen molar-refractivity contribution in [1.29, 1.82) is 5.26 Å². The van der Waals surface area contributed by atoms with Crippen molar-refractivity contribution in [3.8, 4) is 6.07 Å². The first-order valence-electron chi connectivity index (χ1n) is 3.08. The topological polar surface area (TPSA) is 36.7 Å². The molecule has 0 aromatic carbocycles. The molecule has 0 bridgehead atoms. The largest absolute Gasteiger partial charge is 0.417 e. The Hall–Kier alpha value is -0.840. The van der Waals surface area contributed by atoms with Crippen LogP contribution in [-0.4, -0.2) is 4.98 Å². The van der Waals surface area contributed by atoms with E-state index in [1.807, 2.05) is 0 Å². The van der Waals surface area contributed by atoms with Gasteiger partial charge in [-0.15, -0.1) is 0 Å². The van der Waals surface area contributed by atoms with Gasteiger partial charge in [0.05, 0.1) is 5.56 Å². The first-order chi connectivity index (χ1) is 5.95. The molecule has 6 heteroatoms. The van der Waals surface area contributed by atoms with Crippen molar-refractivity contribution >= 4 is 22.6 Å². The Morgan fingerprint density at radius 1 is 1.46 bits per heavy atom. The zero-order chi connectivity index (χ0) is 10.1. The second-order valence-corrected chi connectivity index (χ2v) is 3.32. The van der Waals surface area contributed by atoms with E-state index in [1.54, 1.807) is 6.07 Å². The van der Waals surface area contributed by atoms with E-state index in [2.05, 4.69) is 4.98 Å². The number of pyridine rings is 1. The number of rotatable bonds is 0. The van der Waals surface area contributed by atoms with Crippen molar-refractivity contribution in [3.05, 3.63) is 27.1 Å². The van der Waals surface area contributed by atoms with Crippen molar-refractivity contribution in [3.63, 3.8) is 0 Å². The molecular formula is C7H2F3IN2. The molecule has 0 atom stereocenters. The first kappa shape index (κ1) is 10.2. The van der Waals surface area contributed by atoms with Gasteiger partial charge in [0, 0.05) is 9.77 Å². The Kier molecular flexibility index (Phi) is 2.75. The van der Waals surface area contributed by atoms with Crippen LogP contribution in [0, 0.1) is 14.9 Å². The van der Waals surface area contributed by atoms with Gasteiger partial charge in [-0.3, -0.25) is 0 Å². The van der Waals surface area contributed by atoms with E-state index >= 15 is 0 Å². The summed E-state index contributed by atoms with van der Waals surface area (Å²) in [4.78, 5) is 3.50. The normalized spacial score (nSPS) is 11.0. The molecule has 0 N–H and O–H groups in total. The van der Waals surface area contributed by atoms with Crippen LogP contribution >= 0.6 is 22.6 Å². The second kappa shape index (κ2) is 3.49. The third kappa shape index (κ3) is 2.30. The molecule has 0 aliphatic carbocycles. The van der Waals surface area contributed by atoms with E-state index in [9.17, 15) is 13.2 Å². The lowest BCUT2D eigenvalue weighted by molar-refractivity contribution is -0.138. The zero-order valence-electron chi connectivity index (χ0n) is 6.06. The van der Waals surface area contributed by atoms with Crippen LogP contribution in [0.4, 0.5) is 13.2 Å². The van der Waals surface area contributed by atoms with Crippen LogP contribution in [0.3, 0.4) is 0 Å². The molecule has 13 heavy (non-hydrogen) atoms. The molecule has 0 aliphatic heterocycles. The number of alkyl halides is 3. The first-order valence-corrected chi connectivity index (χ1v) is 4.16. The summed E-state index contributed by atoms with van der Waals surface area (Å²) < 4.78 is 36.7. The summed E-state index contributed by atoms with van der Waals surface area (Å²) in [6, 6.07) is 2.29. The maximum atomic E-state index is 12.2. The molecule has 1 aromatic heterocycles. The van der Waals surface area contributed by atoms with E-state index in [4.69, 9.17) is 5.26 Å². The minimum Gasteiger partial charge on any atom is -0.244 e. The van der Waals surface area contributed by atoms with E-state index in [0.717, 1.165) is 12.3 Å². The molecule has 1 aromatic rings. The SMILES string of the molecule is N#Cc1cc(C(F)(F)F)c(I)cn1. The van der Waals surface area contributed by atoms with E-state index in [-0.39, 0.29) is 9.26 Å². The molecule has 0 unspecified atom stereocenters. The van der Waals surface area contributed by atoms with Crippen LogP contribution in [0.5, 0.6) is 0 Å². The number of hydrogen-bond donors (Lipinski definition) is 0.